The summed E-state index contributed by atoms with van der Waals surface area (Å²) in [5, 5.41) is 14.7. The van der Waals surface area contributed by atoms with E-state index < -0.39 is 28.6 Å². The van der Waals surface area contributed by atoms with Crippen LogP contribution < -0.4 is 10.4 Å². The molecular weight excluding hydrogens is 695 g/mol. The van der Waals surface area contributed by atoms with Gasteiger partial charge >= 0.3 is 18.4 Å². The molecule has 268 valence electrons. The van der Waals surface area contributed by atoms with Crippen molar-refractivity contribution in [2.75, 3.05) is 31.6 Å². The summed E-state index contributed by atoms with van der Waals surface area (Å²) in [5.41, 5.74) is 3.33. The van der Waals surface area contributed by atoms with Crippen molar-refractivity contribution in [2.45, 2.75) is 71.3 Å². The van der Waals surface area contributed by atoms with E-state index in [1.165, 1.54) is 25.3 Å². The third-order valence-corrected chi connectivity index (χ3v) is 4.49. The first kappa shape index (κ1) is 50.4. The van der Waals surface area contributed by atoms with Gasteiger partial charge in [-0.2, -0.15) is 26.3 Å². The second-order valence-corrected chi connectivity index (χ2v) is 9.59. The Morgan fingerprint density at radius 3 is 1.64 bits per heavy atom. The summed E-state index contributed by atoms with van der Waals surface area (Å²) in [6, 6.07) is 18.1. The van der Waals surface area contributed by atoms with E-state index >= 15 is 0 Å². The average molecular weight is 740 g/mol. The first-order valence-corrected chi connectivity index (χ1v) is 15.3. The molecule has 0 amide bonds. The molecule has 0 aromatic heterocycles. The van der Waals surface area contributed by atoms with Crippen LogP contribution >= 0.6 is 34.8 Å². The van der Waals surface area contributed by atoms with Crippen LogP contribution in [0.3, 0.4) is 0 Å². The zero-order valence-corrected chi connectivity index (χ0v) is 30.3. The first-order valence-electron chi connectivity index (χ1n) is 14.0. The number of anilines is 2. The lowest BCUT2D eigenvalue weighted by Gasteiger charge is -2.25. The summed E-state index contributed by atoms with van der Waals surface area (Å²) in [4.78, 5) is 7.62. The number of para-hydroxylation sites is 2. The molecule has 0 aliphatic carbocycles. The van der Waals surface area contributed by atoms with Crippen LogP contribution in [-0.2, 0) is 0 Å². The zero-order valence-electron chi connectivity index (χ0n) is 28.1. The highest BCUT2D eigenvalue weighted by molar-refractivity contribution is 6.63. The van der Waals surface area contributed by atoms with E-state index in [2.05, 4.69) is 20.5 Å². The molecule has 1 atom stereocenters. The minimum Gasteiger partial charge on any atom is -0.624 e. The normalized spacial score (nSPS) is 13.4. The molecule has 8 nitrogen and oxygen atoms in total. The van der Waals surface area contributed by atoms with E-state index in [4.69, 9.17) is 34.8 Å². The Labute approximate surface area is 289 Å². The van der Waals surface area contributed by atoms with E-state index in [0.717, 1.165) is 15.7 Å². The maximum atomic E-state index is 12.7. The van der Waals surface area contributed by atoms with Gasteiger partial charge in [-0.05, 0) is 49.8 Å². The number of nitrogens with zero attached hydrogens (tertiary/aromatic N) is 6. The third kappa shape index (κ3) is 29.7. The molecule has 0 fully saturated rings. The van der Waals surface area contributed by atoms with E-state index in [-0.39, 0.29) is 0 Å². The molecule has 47 heavy (non-hydrogen) atoms. The Hall–Kier alpha value is -3.41. The summed E-state index contributed by atoms with van der Waals surface area (Å²) < 4.78 is 72.6. The topological polar surface area (TPSA) is 73.7 Å². The Balaban J connectivity index is -0.000000271. The number of amidine groups is 1. The van der Waals surface area contributed by atoms with Gasteiger partial charge in [-0.15, -0.1) is 5.10 Å². The van der Waals surface area contributed by atoms with Crippen LogP contribution in [0.1, 0.15) is 48.5 Å². The van der Waals surface area contributed by atoms with Crippen molar-refractivity contribution < 1.29 is 31.1 Å². The molecule has 2 aromatic carbocycles. The minimum atomic E-state index is -4.50. The number of hydrogen-bond acceptors (Lipinski definition) is 6. The van der Waals surface area contributed by atoms with Crippen molar-refractivity contribution in [1.82, 2.24) is 4.90 Å². The lowest BCUT2D eigenvalue weighted by atomic mass is 10.3. The van der Waals surface area contributed by atoms with Gasteiger partial charge in [0.15, 0.2) is 4.30 Å². The molecule has 1 aliphatic rings. The summed E-state index contributed by atoms with van der Waals surface area (Å²) in [6.07, 6.45) is -6.18. The van der Waals surface area contributed by atoms with Gasteiger partial charge in [0.05, 0.1) is 10.6 Å². The van der Waals surface area contributed by atoms with Gasteiger partial charge in [-0.3, -0.25) is 0 Å². The van der Waals surface area contributed by atoms with E-state index in [0.29, 0.717) is 11.4 Å². The minimum absolute atomic E-state index is 0.450. The summed E-state index contributed by atoms with van der Waals surface area (Å²) in [6.45, 7) is 13.3. The number of aliphatic imine (C=N–C) groups is 1. The van der Waals surface area contributed by atoms with Crippen molar-refractivity contribution in [1.29, 1.82) is 0 Å². The lowest BCUT2D eigenvalue weighted by Crippen LogP contribution is -2.41. The van der Waals surface area contributed by atoms with E-state index in [9.17, 15) is 31.5 Å². The zero-order chi connectivity index (χ0) is 37.6. The van der Waals surface area contributed by atoms with Crippen LogP contribution in [0.5, 0.6) is 0 Å². The standard InChI is InChI=1S/C11H12F3N3.C8H6F3N2.C3H7NO.C3H7N.2C2H6.CHCl3/c1-8-16(2)10(11(12,13)14)15-17(8)9-6-4-3-5-7-9;9-8(10,11)6-12-13-7-4-2-1-3-5-7;1-3-4(2)5;1-3-4-2;2*1-2;2-1(3)4/h3-8H,1-2H3;1-5,13H;3H,1-2H3;3H,1-2H3;2*1-2H3;1H/q;+1;;;;;/b;;4-3-;;;;. The molecule has 1 N–H and O–H groups in total. The van der Waals surface area contributed by atoms with Crippen molar-refractivity contribution in [3.63, 3.8) is 0 Å². The molecule has 3 rings (SSSR count). The number of nitrogens with one attached hydrogen (secondary N) is 1. The fourth-order valence-corrected chi connectivity index (χ4v) is 2.38. The number of rotatable bonds is 2. The summed E-state index contributed by atoms with van der Waals surface area (Å²) >= 11 is 14.4. The molecule has 1 aliphatic heterocycles. The highest BCUT2D eigenvalue weighted by Gasteiger charge is 2.45. The van der Waals surface area contributed by atoms with Gasteiger partial charge in [0.25, 0.3) is 0 Å². The molecule has 17 heteroatoms. The van der Waals surface area contributed by atoms with Gasteiger partial charge in [-0.1, -0.05) is 98.9 Å². The SMILES string of the molecule is C/C=[N+](/C)[O-].CC.CC.CC1N(C)C(C(F)(F)F)=NN1c1ccccc1.CC=NC.ClC(Cl)Cl.FC(F)(F)C#[N+]Nc1ccccc1. The second-order valence-electron chi connectivity index (χ2n) is 7.61. The monoisotopic (exact) mass is 738 g/mol. The van der Waals surface area contributed by atoms with Crippen LogP contribution in [0, 0.1) is 11.3 Å². The number of halogens is 9. The predicted molar refractivity (Wildman–Crippen MR) is 188 cm³/mol. The molecule has 1 heterocycles. The van der Waals surface area contributed by atoms with Crippen molar-refractivity contribution in [2.24, 2.45) is 10.1 Å². The first-order chi connectivity index (χ1) is 21.9. The predicted octanol–water partition coefficient (Wildman–Crippen LogP) is 10.5. The van der Waals surface area contributed by atoms with Crippen LogP contribution in [0.4, 0.5) is 37.7 Å². The van der Waals surface area contributed by atoms with Gasteiger partial charge < -0.3 is 15.1 Å². The number of alkyl halides is 9. The van der Waals surface area contributed by atoms with Crippen LogP contribution in [0.2, 0.25) is 0 Å². The maximum absolute atomic E-state index is 12.7. The highest BCUT2D eigenvalue weighted by atomic mass is 35.6. The fraction of sp³-hybridized carbons (Fsp3) is 0.467. The van der Waals surface area contributed by atoms with Crippen LogP contribution in [0.15, 0.2) is 70.8 Å². The maximum Gasteiger partial charge on any atom is 0.534 e. The summed E-state index contributed by atoms with van der Waals surface area (Å²) in [7, 11) is 4.58. The third-order valence-electron chi connectivity index (χ3n) is 4.49. The number of benzene rings is 2. The van der Waals surface area contributed by atoms with Gasteiger partial charge in [0, 0.05) is 21.0 Å². The van der Waals surface area contributed by atoms with Gasteiger partial charge in [-0.25, -0.2) is 9.75 Å². The molecule has 0 bridgehead atoms. The van der Waals surface area contributed by atoms with E-state index in [1.54, 1.807) is 81.7 Å². The Morgan fingerprint density at radius 2 is 1.34 bits per heavy atom. The number of hydroxylamine groups is 1. The second kappa shape index (κ2) is 30.0. The average Bonchev–Trinajstić information content (AvgIpc) is 3.34. The van der Waals surface area contributed by atoms with Crippen LogP contribution in [0.25, 0.3) is 4.95 Å². The molecule has 2 aromatic rings. The van der Waals surface area contributed by atoms with Crippen molar-refractivity contribution in [3.05, 3.63) is 70.8 Å². The molecule has 0 radical (unpaired) electrons. The fourth-order valence-electron chi connectivity index (χ4n) is 2.38. The smallest absolute Gasteiger partial charge is 0.534 e. The molecular formula is C30H45Cl3F6N7O+. The molecule has 1 unspecified atom stereocenters. The van der Waals surface area contributed by atoms with E-state index in [1.807, 2.05) is 40.7 Å². The highest BCUT2D eigenvalue weighted by Crippen LogP contribution is 2.30. The Kier molecular flexibility index (Phi) is 32.2. The Bertz CT molecular complexity index is 1160. The van der Waals surface area contributed by atoms with Gasteiger partial charge in [0.1, 0.15) is 25.1 Å². The quantitative estimate of drug-likeness (QED) is 0.0831. The lowest BCUT2D eigenvalue weighted by molar-refractivity contribution is -0.417. The van der Waals surface area contributed by atoms with Crippen molar-refractivity contribution in [3.8, 4) is 6.07 Å². The number of hydrogen-bond donors (Lipinski definition) is 1. The molecule has 0 spiro atoms. The van der Waals surface area contributed by atoms with Crippen molar-refractivity contribution >= 4 is 64.4 Å². The largest absolute Gasteiger partial charge is 0.624 e. The molecule has 0 saturated carbocycles. The Morgan fingerprint density at radius 1 is 0.957 bits per heavy atom. The van der Waals surface area contributed by atoms with Gasteiger partial charge in [0.2, 0.25) is 5.84 Å². The number of hydrazone groups is 1. The summed E-state index contributed by atoms with van der Waals surface area (Å²) in [5.74, 6) is -0.867. The molecule has 0 saturated heterocycles. The van der Waals surface area contributed by atoms with Crippen LogP contribution in [-0.4, -0.2) is 71.9 Å².